The quantitative estimate of drug-likeness (QED) is 0.634. The van der Waals surface area contributed by atoms with Crippen LogP contribution in [0.3, 0.4) is 0 Å². The number of fused-ring (bicyclic) bond motifs is 2. The molecule has 0 aliphatic heterocycles. The predicted octanol–water partition coefficient (Wildman–Crippen LogP) is 5.73. The van der Waals surface area contributed by atoms with Gasteiger partial charge in [-0.1, -0.05) is 59.5 Å². The molecular weight excluding hydrogens is 306 g/mol. The van der Waals surface area contributed by atoms with Crippen LogP contribution in [-0.4, -0.2) is 11.4 Å². The molecule has 3 fully saturated rings. The molecule has 0 radical (unpaired) electrons. The van der Waals surface area contributed by atoms with Crippen molar-refractivity contribution >= 4 is 5.91 Å². The van der Waals surface area contributed by atoms with E-state index in [1.165, 1.54) is 70.3 Å². The molecule has 3 rings (SSSR count). The van der Waals surface area contributed by atoms with E-state index in [9.17, 15) is 4.79 Å². The van der Waals surface area contributed by atoms with Gasteiger partial charge in [-0.25, -0.2) is 0 Å². The molecule has 0 heterocycles. The molecule has 1 amide bonds. The van der Waals surface area contributed by atoms with Crippen LogP contribution in [0.25, 0.3) is 0 Å². The highest BCUT2D eigenvalue weighted by Crippen LogP contribution is 2.57. The smallest absolute Gasteiger partial charge is 0.243 e. The topological polar surface area (TPSA) is 29.1 Å². The van der Waals surface area contributed by atoms with E-state index in [0.717, 1.165) is 11.8 Å². The zero-order chi connectivity index (χ0) is 18.0. The van der Waals surface area contributed by atoms with Gasteiger partial charge >= 0.3 is 0 Å². The van der Waals surface area contributed by atoms with E-state index < -0.39 is 0 Å². The van der Waals surface area contributed by atoms with Gasteiger partial charge in [0.2, 0.25) is 5.91 Å². The van der Waals surface area contributed by atoms with Crippen molar-refractivity contribution in [3.63, 3.8) is 0 Å². The van der Waals surface area contributed by atoms with Crippen molar-refractivity contribution in [1.29, 1.82) is 0 Å². The number of hydrogen-bond acceptors (Lipinski definition) is 1. The second-order valence-electron chi connectivity index (χ2n) is 9.45. The highest BCUT2D eigenvalue weighted by molar-refractivity contribution is 5.87. The van der Waals surface area contributed by atoms with Crippen molar-refractivity contribution in [2.75, 3.05) is 0 Å². The summed E-state index contributed by atoms with van der Waals surface area (Å²) in [4.78, 5) is 12.6. The molecule has 2 nitrogen and oxygen atoms in total. The number of hydrogen-bond donors (Lipinski definition) is 1. The molecule has 2 bridgehead atoms. The third-order valence-electron chi connectivity index (χ3n) is 8.23. The molecule has 0 spiro atoms. The maximum absolute atomic E-state index is 12.6. The van der Waals surface area contributed by atoms with Crippen LogP contribution in [0.15, 0.2) is 12.7 Å². The highest BCUT2D eigenvalue weighted by atomic mass is 16.1. The Labute approximate surface area is 155 Å². The van der Waals surface area contributed by atoms with Crippen molar-refractivity contribution in [3.8, 4) is 0 Å². The van der Waals surface area contributed by atoms with E-state index in [1.54, 1.807) is 0 Å². The van der Waals surface area contributed by atoms with Crippen LogP contribution >= 0.6 is 0 Å². The predicted molar refractivity (Wildman–Crippen MR) is 105 cm³/mol. The fourth-order valence-corrected chi connectivity index (χ4v) is 7.00. The monoisotopic (exact) mass is 345 g/mol. The Morgan fingerprint density at radius 3 is 2.64 bits per heavy atom. The SMILES string of the molecule is C=CC(=O)NC1(C2CCCC(C)C2C)C(CCC)CC2CCCC1C2. The molecule has 0 aromatic heterocycles. The summed E-state index contributed by atoms with van der Waals surface area (Å²) >= 11 is 0. The standard InChI is InChI=1S/C23H39NO/c1-5-9-19-14-18-11-8-12-20(15-18)23(19,24-22(25)6-2)21-13-7-10-16(3)17(21)4/h6,16-21H,2,5,7-15H2,1,3-4H3,(H,24,25). The van der Waals surface area contributed by atoms with Crippen LogP contribution in [0, 0.1) is 35.5 Å². The van der Waals surface area contributed by atoms with Gasteiger partial charge in [-0.2, -0.15) is 0 Å². The number of rotatable bonds is 5. The summed E-state index contributed by atoms with van der Waals surface area (Å²) < 4.78 is 0. The van der Waals surface area contributed by atoms with Crippen LogP contribution in [-0.2, 0) is 4.79 Å². The molecule has 0 saturated heterocycles. The van der Waals surface area contributed by atoms with Crippen molar-refractivity contribution in [2.24, 2.45) is 35.5 Å². The van der Waals surface area contributed by atoms with Crippen molar-refractivity contribution in [3.05, 3.63) is 12.7 Å². The lowest BCUT2D eigenvalue weighted by Crippen LogP contribution is -2.67. The molecule has 0 aromatic rings. The Morgan fingerprint density at radius 2 is 1.92 bits per heavy atom. The van der Waals surface area contributed by atoms with Gasteiger partial charge in [-0.3, -0.25) is 4.79 Å². The van der Waals surface area contributed by atoms with Crippen molar-refractivity contribution in [2.45, 2.75) is 90.5 Å². The van der Waals surface area contributed by atoms with Gasteiger partial charge in [0.05, 0.1) is 0 Å². The Hall–Kier alpha value is -0.790. The van der Waals surface area contributed by atoms with Crippen LogP contribution < -0.4 is 5.32 Å². The Balaban J connectivity index is 2.03. The van der Waals surface area contributed by atoms with Gasteiger partial charge in [0.15, 0.2) is 0 Å². The molecule has 1 N–H and O–H groups in total. The van der Waals surface area contributed by atoms with Crippen molar-refractivity contribution < 1.29 is 4.79 Å². The first-order valence-corrected chi connectivity index (χ1v) is 11.0. The molecular formula is C23H39NO. The van der Waals surface area contributed by atoms with E-state index >= 15 is 0 Å². The first kappa shape index (κ1) is 19.0. The average molecular weight is 346 g/mol. The lowest BCUT2D eigenvalue weighted by Gasteiger charge is -2.60. The Morgan fingerprint density at radius 1 is 1.16 bits per heavy atom. The summed E-state index contributed by atoms with van der Waals surface area (Å²) in [5, 5.41) is 3.64. The molecule has 0 aromatic carbocycles. The number of carbonyl (C=O) groups is 1. The van der Waals surface area contributed by atoms with Gasteiger partial charge in [-0.05, 0) is 73.7 Å². The zero-order valence-electron chi connectivity index (χ0n) is 16.7. The van der Waals surface area contributed by atoms with Crippen LogP contribution in [0.1, 0.15) is 85.0 Å². The van der Waals surface area contributed by atoms with Gasteiger partial charge in [0.1, 0.15) is 0 Å². The summed E-state index contributed by atoms with van der Waals surface area (Å²) in [6.07, 6.45) is 14.7. The maximum atomic E-state index is 12.6. The molecule has 2 heteroatoms. The van der Waals surface area contributed by atoms with Crippen LogP contribution in [0.4, 0.5) is 0 Å². The number of nitrogens with one attached hydrogen (secondary N) is 1. The summed E-state index contributed by atoms with van der Waals surface area (Å²) in [6.45, 7) is 11.0. The van der Waals surface area contributed by atoms with Gasteiger partial charge in [0, 0.05) is 5.54 Å². The van der Waals surface area contributed by atoms with Gasteiger partial charge in [-0.15, -0.1) is 0 Å². The first-order valence-electron chi connectivity index (χ1n) is 11.0. The third kappa shape index (κ3) is 3.43. The second kappa shape index (κ2) is 7.84. The van der Waals surface area contributed by atoms with E-state index in [-0.39, 0.29) is 11.4 Å². The fourth-order valence-electron chi connectivity index (χ4n) is 7.00. The molecule has 3 aliphatic rings. The van der Waals surface area contributed by atoms with Crippen LogP contribution in [0.2, 0.25) is 0 Å². The summed E-state index contributed by atoms with van der Waals surface area (Å²) in [5.74, 6) is 4.43. The minimum Gasteiger partial charge on any atom is -0.346 e. The van der Waals surface area contributed by atoms with E-state index in [0.29, 0.717) is 23.7 Å². The third-order valence-corrected chi connectivity index (χ3v) is 8.23. The van der Waals surface area contributed by atoms with Gasteiger partial charge in [0.25, 0.3) is 0 Å². The lowest BCUT2D eigenvalue weighted by atomic mass is 9.49. The normalized spacial score (nSPS) is 44.1. The summed E-state index contributed by atoms with van der Waals surface area (Å²) in [7, 11) is 0. The number of amides is 1. The van der Waals surface area contributed by atoms with Crippen LogP contribution in [0.5, 0.6) is 0 Å². The minimum absolute atomic E-state index is 0.0201. The van der Waals surface area contributed by atoms with E-state index in [2.05, 4.69) is 32.7 Å². The largest absolute Gasteiger partial charge is 0.346 e. The second-order valence-corrected chi connectivity index (χ2v) is 9.45. The molecule has 142 valence electrons. The van der Waals surface area contributed by atoms with Crippen molar-refractivity contribution in [1.82, 2.24) is 5.32 Å². The first-order chi connectivity index (χ1) is 12.0. The maximum Gasteiger partial charge on any atom is 0.243 e. The Bertz CT molecular complexity index is 486. The molecule has 7 atom stereocenters. The highest BCUT2D eigenvalue weighted by Gasteiger charge is 2.57. The zero-order valence-corrected chi connectivity index (χ0v) is 16.7. The lowest BCUT2D eigenvalue weighted by molar-refractivity contribution is -0.128. The average Bonchev–Trinajstić information content (AvgIpc) is 2.61. The Kier molecular flexibility index (Phi) is 5.96. The minimum atomic E-state index is 0.0201. The van der Waals surface area contributed by atoms with Gasteiger partial charge < -0.3 is 5.32 Å². The fraction of sp³-hybridized carbons (Fsp3) is 0.870. The molecule has 3 saturated carbocycles. The van der Waals surface area contributed by atoms with E-state index in [4.69, 9.17) is 0 Å². The molecule has 3 aliphatic carbocycles. The molecule has 7 unspecified atom stereocenters. The molecule has 25 heavy (non-hydrogen) atoms. The summed E-state index contributed by atoms with van der Waals surface area (Å²) in [6, 6.07) is 0. The number of carbonyl (C=O) groups excluding carboxylic acids is 1. The summed E-state index contributed by atoms with van der Waals surface area (Å²) in [5.41, 5.74) is 0.0201. The van der Waals surface area contributed by atoms with E-state index in [1.807, 2.05) is 0 Å².